The number of imidazole rings is 1. The second-order valence-corrected chi connectivity index (χ2v) is 4.11. The lowest BCUT2D eigenvalue weighted by Crippen LogP contribution is -2.16. The molecule has 2 aromatic heterocycles. The monoisotopic (exact) mass is 232 g/mol. The zero-order valence-corrected chi connectivity index (χ0v) is 9.37. The highest BCUT2D eigenvalue weighted by atomic mass is 16.1. The van der Waals surface area contributed by atoms with Crippen molar-refractivity contribution in [3.8, 4) is 0 Å². The van der Waals surface area contributed by atoms with Crippen molar-refractivity contribution in [2.45, 2.75) is 18.9 Å². The molecule has 88 valence electrons. The Morgan fingerprint density at radius 2 is 2.41 bits per heavy atom. The summed E-state index contributed by atoms with van der Waals surface area (Å²) < 4.78 is 3.70. The molecule has 0 saturated heterocycles. The Hall–Kier alpha value is -2.18. The maximum Gasteiger partial charge on any atom is 0.288 e. The molecule has 1 aliphatic heterocycles. The molecule has 7 heteroatoms. The van der Waals surface area contributed by atoms with Crippen LogP contribution in [0, 0.1) is 0 Å². The second kappa shape index (κ2) is 3.41. The number of rotatable bonds is 2. The smallest absolute Gasteiger partial charge is 0.288 e. The topological polar surface area (TPSA) is 91.6 Å². The molecular weight excluding hydrogens is 220 g/mol. The quantitative estimate of drug-likeness (QED) is 0.765. The summed E-state index contributed by atoms with van der Waals surface area (Å²) in [4.78, 5) is 19.5. The summed E-state index contributed by atoms with van der Waals surface area (Å²) in [6.07, 6.45) is 5.33. The van der Waals surface area contributed by atoms with Crippen molar-refractivity contribution in [3.63, 3.8) is 0 Å². The highest BCUT2D eigenvalue weighted by molar-refractivity contribution is 5.88. The third-order valence-electron chi connectivity index (χ3n) is 3.02. The summed E-state index contributed by atoms with van der Waals surface area (Å²) in [5.41, 5.74) is 5.17. The molecule has 2 aromatic rings. The molecule has 7 nitrogen and oxygen atoms in total. The van der Waals surface area contributed by atoms with E-state index in [2.05, 4.69) is 15.1 Å². The average molecular weight is 232 g/mol. The van der Waals surface area contributed by atoms with Crippen LogP contribution in [0.25, 0.3) is 0 Å². The van der Waals surface area contributed by atoms with Gasteiger partial charge in [0.1, 0.15) is 17.7 Å². The van der Waals surface area contributed by atoms with E-state index >= 15 is 0 Å². The highest BCUT2D eigenvalue weighted by Crippen LogP contribution is 2.28. The zero-order chi connectivity index (χ0) is 12.0. The summed E-state index contributed by atoms with van der Waals surface area (Å²) in [6, 6.07) is 0.0469. The van der Waals surface area contributed by atoms with E-state index in [-0.39, 0.29) is 11.9 Å². The molecule has 0 saturated carbocycles. The van der Waals surface area contributed by atoms with E-state index < -0.39 is 5.91 Å². The van der Waals surface area contributed by atoms with Crippen LogP contribution < -0.4 is 5.73 Å². The first kappa shape index (κ1) is 10.0. The highest BCUT2D eigenvalue weighted by Gasteiger charge is 2.30. The summed E-state index contributed by atoms with van der Waals surface area (Å²) in [5, 5.41) is 4.15. The molecule has 1 amide bonds. The number of hydrogen-bond acceptors (Lipinski definition) is 4. The molecule has 3 rings (SSSR count). The Morgan fingerprint density at radius 3 is 3.06 bits per heavy atom. The fraction of sp³-hybridized carbons (Fsp3) is 0.400. The van der Waals surface area contributed by atoms with Gasteiger partial charge in [0.05, 0.1) is 0 Å². The number of hydrogen-bond donors (Lipinski definition) is 1. The van der Waals surface area contributed by atoms with Gasteiger partial charge in [-0.3, -0.25) is 4.79 Å². The van der Waals surface area contributed by atoms with Crippen molar-refractivity contribution in [2.75, 3.05) is 0 Å². The zero-order valence-electron chi connectivity index (χ0n) is 9.37. The average Bonchev–Trinajstić information content (AvgIpc) is 2.91. The van der Waals surface area contributed by atoms with E-state index in [1.54, 1.807) is 10.9 Å². The number of carbonyl (C=O) groups excluding carboxylic acids is 1. The first-order valence-corrected chi connectivity index (χ1v) is 5.39. The van der Waals surface area contributed by atoms with Crippen molar-refractivity contribution in [1.29, 1.82) is 0 Å². The van der Waals surface area contributed by atoms with Crippen LogP contribution >= 0.6 is 0 Å². The number of nitrogens with two attached hydrogens (primary N) is 1. The van der Waals surface area contributed by atoms with Crippen LogP contribution in [0.4, 0.5) is 0 Å². The van der Waals surface area contributed by atoms with E-state index in [4.69, 9.17) is 5.73 Å². The fourth-order valence-electron chi connectivity index (χ4n) is 2.20. The molecule has 2 N–H and O–H groups in total. The fourth-order valence-corrected chi connectivity index (χ4v) is 2.20. The van der Waals surface area contributed by atoms with Crippen LogP contribution in [0.2, 0.25) is 0 Å². The van der Waals surface area contributed by atoms with Gasteiger partial charge in [-0.05, 0) is 6.42 Å². The van der Waals surface area contributed by atoms with Crippen LogP contribution in [0.5, 0.6) is 0 Å². The summed E-state index contributed by atoms with van der Waals surface area (Å²) >= 11 is 0. The minimum atomic E-state index is -0.592. The second-order valence-electron chi connectivity index (χ2n) is 4.11. The number of carbonyl (C=O) groups is 1. The molecule has 0 bridgehead atoms. The van der Waals surface area contributed by atoms with Gasteiger partial charge in [0.2, 0.25) is 5.82 Å². The van der Waals surface area contributed by atoms with Gasteiger partial charge in [-0.15, -0.1) is 5.10 Å². The molecule has 1 atom stereocenters. The van der Waals surface area contributed by atoms with Crippen LogP contribution in [-0.4, -0.2) is 30.2 Å². The van der Waals surface area contributed by atoms with Crippen LogP contribution in [0.1, 0.15) is 34.7 Å². The Bertz CT molecular complexity index is 583. The summed E-state index contributed by atoms with van der Waals surface area (Å²) in [7, 11) is 1.94. The number of aromatic nitrogens is 5. The maximum absolute atomic E-state index is 11.0. The predicted octanol–water partition coefficient (Wildman–Crippen LogP) is -0.354. The summed E-state index contributed by atoms with van der Waals surface area (Å²) in [6.45, 7) is 0. The molecule has 0 fully saturated rings. The van der Waals surface area contributed by atoms with Gasteiger partial charge in [0.15, 0.2) is 0 Å². The number of amides is 1. The van der Waals surface area contributed by atoms with E-state index in [0.29, 0.717) is 0 Å². The van der Waals surface area contributed by atoms with E-state index in [0.717, 1.165) is 24.5 Å². The van der Waals surface area contributed by atoms with Gasteiger partial charge >= 0.3 is 0 Å². The maximum atomic E-state index is 11.0. The van der Waals surface area contributed by atoms with E-state index in [9.17, 15) is 4.79 Å². The third-order valence-corrected chi connectivity index (χ3v) is 3.02. The summed E-state index contributed by atoms with van der Waals surface area (Å²) in [5.74, 6) is 1.21. The molecule has 0 radical (unpaired) electrons. The molecule has 0 spiro atoms. The number of primary amides is 1. The first-order chi connectivity index (χ1) is 8.16. The lowest BCUT2D eigenvalue weighted by atomic mass is 10.2. The third kappa shape index (κ3) is 1.42. The van der Waals surface area contributed by atoms with Crippen molar-refractivity contribution in [1.82, 2.24) is 24.3 Å². The Morgan fingerprint density at radius 1 is 1.59 bits per heavy atom. The Kier molecular flexibility index (Phi) is 2.01. The van der Waals surface area contributed by atoms with Gasteiger partial charge in [-0.1, -0.05) is 0 Å². The normalized spacial score (nSPS) is 18.3. The Labute approximate surface area is 97.3 Å². The van der Waals surface area contributed by atoms with Crippen molar-refractivity contribution in [3.05, 3.63) is 29.9 Å². The molecular formula is C10H12N6O. The van der Waals surface area contributed by atoms with Crippen LogP contribution in [-0.2, 0) is 13.5 Å². The first-order valence-electron chi connectivity index (χ1n) is 5.39. The van der Waals surface area contributed by atoms with Gasteiger partial charge in [0, 0.05) is 25.9 Å². The van der Waals surface area contributed by atoms with Gasteiger partial charge < -0.3 is 10.3 Å². The molecule has 1 aliphatic rings. The SMILES string of the molecule is Cn1ccnc1C1CCc2nc(C(N)=O)nn21. The van der Waals surface area contributed by atoms with Crippen molar-refractivity contribution < 1.29 is 4.79 Å². The molecule has 0 aromatic carbocycles. The van der Waals surface area contributed by atoms with Crippen molar-refractivity contribution >= 4 is 5.91 Å². The molecule has 17 heavy (non-hydrogen) atoms. The molecule has 1 unspecified atom stereocenters. The van der Waals surface area contributed by atoms with E-state index in [1.807, 2.05) is 17.8 Å². The van der Waals surface area contributed by atoms with Crippen LogP contribution in [0.3, 0.4) is 0 Å². The lowest BCUT2D eigenvalue weighted by Gasteiger charge is -2.10. The molecule has 0 aliphatic carbocycles. The van der Waals surface area contributed by atoms with Gasteiger partial charge in [-0.25, -0.2) is 14.6 Å². The van der Waals surface area contributed by atoms with Gasteiger partial charge in [-0.2, -0.15) is 0 Å². The number of nitrogens with zero attached hydrogens (tertiary/aromatic N) is 5. The minimum Gasteiger partial charge on any atom is -0.363 e. The number of aryl methyl sites for hydroxylation is 2. The van der Waals surface area contributed by atoms with E-state index in [1.165, 1.54) is 0 Å². The molecule has 3 heterocycles. The van der Waals surface area contributed by atoms with Gasteiger partial charge in [0.25, 0.3) is 5.91 Å². The predicted molar refractivity (Wildman–Crippen MR) is 58.2 cm³/mol. The standard InChI is InChI=1S/C10H12N6O/c1-15-5-4-12-10(15)6-2-3-7-13-9(8(11)17)14-16(6)7/h4-6H,2-3H2,1H3,(H2,11,17). The van der Waals surface area contributed by atoms with Crippen molar-refractivity contribution in [2.24, 2.45) is 12.8 Å². The Balaban J connectivity index is 2.04. The number of fused-ring (bicyclic) bond motifs is 1. The lowest BCUT2D eigenvalue weighted by molar-refractivity contribution is 0.0990. The van der Waals surface area contributed by atoms with Crippen LogP contribution in [0.15, 0.2) is 12.4 Å². The minimum absolute atomic E-state index is 0.0469. The largest absolute Gasteiger partial charge is 0.363 e.